The van der Waals surface area contributed by atoms with Crippen LogP contribution in [0.1, 0.15) is 0 Å². The van der Waals surface area contributed by atoms with Crippen molar-refractivity contribution in [3.05, 3.63) is 0 Å². The molecule has 0 saturated heterocycles. The highest BCUT2D eigenvalue weighted by molar-refractivity contribution is 7.88. The van der Waals surface area contributed by atoms with E-state index in [0.29, 0.717) is 5.49 Å². The van der Waals surface area contributed by atoms with Gasteiger partial charge in [-0.15, -0.1) is 9.24 Å². The topological polar surface area (TPSA) is 17.1 Å². The van der Waals surface area contributed by atoms with Crippen LogP contribution in [-0.2, 0) is 10.8 Å². The van der Waals surface area contributed by atoms with E-state index in [0.717, 1.165) is 0 Å². The van der Waals surface area contributed by atoms with Gasteiger partial charge in [0.15, 0.2) is 0 Å². The molecule has 0 amide bonds. The average molecular weight is 110 g/mol. The molecule has 0 aromatic carbocycles. The third kappa shape index (κ3) is 4.58. The Morgan fingerprint density at radius 3 is 2.20 bits per heavy atom. The molecule has 32 valence electrons. The van der Waals surface area contributed by atoms with Gasteiger partial charge in [-0.05, 0) is 0 Å². The molecular weight excluding hydrogens is 103 g/mol. The van der Waals surface area contributed by atoms with Crippen LogP contribution in [-0.4, -0.2) is 16.0 Å². The normalized spacial score (nSPS) is 14.8. The minimum Gasteiger partial charge on any atom is -0.260 e. The Labute approximate surface area is 36.8 Å². The van der Waals surface area contributed by atoms with Crippen molar-refractivity contribution in [2.24, 2.45) is 0 Å². The summed E-state index contributed by atoms with van der Waals surface area (Å²) in [4.78, 5) is 0. The first-order valence-electron chi connectivity index (χ1n) is 1.27. The van der Waals surface area contributed by atoms with Crippen molar-refractivity contribution in [2.45, 2.75) is 0 Å². The lowest BCUT2D eigenvalue weighted by Crippen LogP contribution is -1.79. The first kappa shape index (κ1) is 5.58. The minimum absolute atomic E-state index is 0.610. The predicted octanol–water partition coefficient (Wildman–Crippen LogP) is 0.198. The third-order valence-electron chi connectivity index (χ3n) is 0.235. The Morgan fingerprint density at radius 1 is 2.00 bits per heavy atom. The summed E-state index contributed by atoms with van der Waals surface area (Å²) in [6, 6.07) is 0. The lowest BCUT2D eigenvalue weighted by Gasteiger charge is -1.74. The largest absolute Gasteiger partial charge is 0.260 e. The van der Waals surface area contributed by atoms with Gasteiger partial charge in [0.05, 0.1) is 0 Å². The Kier molecular flexibility index (Phi) is 3.12. The lowest BCUT2D eigenvalue weighted by atomic mass is 11.9. The first-order chi connectivity index (χ1) is 2.27. The first-order valence-corrected chi connectivity index (χ1v) is 3.82. The number of hydrogen-bond donors (Lipinski definition) is 0. The molecule has 0 spiro atoms. The minimum atomic E-state index is -0.610. The second-order valence-electron chi connectivity index (χ2n) is 0.740. The molecule has 0 aliphatic carbocycles. The van der Waals surface area contributed by atoms with Crippen LogP contribution in [0.2, 0.25) is 0 Å². The molecule has 3 heteroatoms. The Balaban J connectivity index is 2.85. The van der Waals surface area contributed by atoms with Crippen molar-refractivity contribution in [1.82, 2.24) is 0 Å². The van der Waals surface area contributed by atoms with Crippen LogP contribution in [0.4, 0.5) is 0 Å². The molecule has 0 aromatic rings. The summed E-state index contributed by atoms with van der Waals surface area (Å²) >= 11 is 0. The molecule has 1 nitrogen and oxygen atoms in total. The summed E-state index contributed by atoms with van der Waals surface area (Å²) in [5, 5.41) is 0. The van der Waals surface area contributed by atoms with Crippen LogP contribution in [0.5, 0.6) is 0 Å². The fourth-order valence-electron chi connectivity index (χ4n) is 0. The van der Waals surface area contributed by atoms with Gasteiger partial charge in [0.1, 0.15) is 0 Å². The van der Waals surface area contributed by atoms with E-state index < -0.39 is 10.8 Å². The Morgan fingerprint density at radius 2 is 2.20 bits per heavy atom. The third-order valence-corrected chi connectivity index (χ3v) is 2.11. The van der Waals surface area contributed by atoms with Crippen LogP contribution in [0.25, 0.3) is 0 Å². The molecule has 2 unspecified atom stereocenters. The maximum absolute atomic E-state index is 9.90. The Bertz CT molecular complexity index is 44.9. The molecule has 0 N–H and O–H groups in total. The van der Waals surface area contributed by atoms with Gasteiger partial charge in [0.2, 0.25) is 0 Å². The number of hydrogen-bond acceptors (Lipinski definition) is 1. The molecule has 2 atom stereocenters. The highest BCUT2D eigenvalue weighted by Crippen LogP contribution is 1.80. The summed E-state index contributed by atoms with van der Waals surface area (Å²) < 4.78 is 9.90. The molecule has 0 rings (SSSR count). The second-order valence-corrected chi connectivity index (χ2v) is 3.22. The van der Waals surface area contributed by atoms with E-state index in [1.54, 1.807) is 6.26 Å². The van der Waals surface area contributed by atoms with Crippen molar-refractivity contribution in [3.63, 3.8) is 0 Å². The van der Waals surface area contributed by atoms with Crippen molar-refractivity contribution in [2.75, 3.05) is 11.7 Å². The quantitative estimate of drug-likeness (QED) is 0.440. The monoisotopic (exact) mass is 110 g/mol. The van der Waals surface area contributed by atoms with Gasteiger partial charge in [0, 0.05) is 22.5 Å². The maximum Gasteiger partial charge on any atom is 0.0376 e. The van der Waals surface area contributed by atoms with Gasteiger partial charge >= 0.3 is 0 Å². The van der Waals surface area contributed by atoms with Gasteiger partial charge in [-0.2, -0.15) is 0 Å². The SMILES string of the molecule is CS(=O)CP. The molecule has 0 saturated carbocycles. The van der Waals surface area contributed by atoms with E-state index >= 15 is 0 Å². The van der Waals surface area contributed by atoms with Crippen LogP contribution >= 0.6 is 9.24 Å². The van der Waals surface area contributed by atoms with E-state index in [-0.39, 0.29) is 0 Å². The molecule has 0 radical (unpaired) electrons. The highest BCUT2D eigenvalue weighted by atomic mass is 32.2. The highest BCUT2D eigenvalue weighted by Gasteiger charge is 1.73. The molecule has 0 aromatic heterocycles. The zero-order valence-corrected chi connectivity index (χ0v) is 5.07. The Hall–Kier alpha value is 0.580. The van der Waals surface area contributed by atoms with Crippen molar-refractivity contribution in [3.8, 4) is 0 Å². The van der Waals surface area contributed by atoms with Gasteiger partial charge in [-0.1, -0.05) is 0 Å². The van der Waals surface area contributed by atoms with Gasteiger partial charge in [-0.25, -0.2) is 0 Å². The van der Waals surface area contributed by atoms with Crippen LogP contribution in [0.15, 0.2) is 0 Å². The molecule has 0 aliphatic rings. The summed E-state index contributed by atoms with van der Waals surface area (Å²) in [6.45, 7) is 0. The molecule has 0 aliphatic heterocycles. The predicted molar refractivity (Wildman–Crippen MR) is 28.6 cm³/mol. The van der Waals surface area contributed by atoms with Crippen LogP contribution in [0.3, 0.4) is 0 Å². The summed E-state index contributed by atoms with van der Waals surface area (Å²) in [5.74, 6) is 0. The summed E-state index contributed by atoms with van der Waals surface area (Å²) in [6.07, 6.45) is 1.67. The second kappa shape index (κ2) is 2.80. The van der Waals surface area contributed by atoms with E-state index in [2.05, 4.69) is 9.24 Å². The van der Waals surface area contributed by atoms with E-state index in [9.17, 15) is 4.21 Å². The van der Waals surface area contributed by atoms with Crippen LogP contribution < -0.4 is 0 Å². The molecule has 0 bridgehead atoms. The lowest BCUT2D eigenvalue weighted by molar-refractivity contribution is 0.689. The molecule has 0 heterocycles. The van der Waals surface area contributed by atoms with Gasteiger partial charge in [-0.3, -0.25) is 4.21 Å². The standard InChI is InChI=1S/C2H7OPS/c1-5(3)2-4/h2,4H2,1H3. The zero-order valence-electron chi connectivity index (χ0n) is 3.10. The van der Waals surface area contributed by atoms with E-state index in [4.69, 9.17) is 0 Å². The summed E-state index contributed by atoms with van der Waals surface area (Å²) in [5.41, 5.74) is 0.694. The summed E-state index contributed by atoms with van der Waals surface area (Å²) in [7, 11) is 1.78. The van der Waals surface area contributed by atoms with E-state index in [1.807, 2.05) is 0 Å². The van der Waals surface area contributed by atoms with Gasteiger partial charge < -0.3 is 0 Å². The van der Waals surface area contributed by atoms with E-state index in [1.165, 1.54) is 0 Å². The maximum atomic E-state index is 9.90. The van der Waals surface area contributed by atoms with Gasteiger partial charge in [0.25, 0.3) is 0 Å². The molecule has 5 heavy (non-hydrogen) atoms. The average Bonchev–Trinajstić information content (AvgIpc) is 1.38. The van der Waals surface area contributed by atoms with Crippen molar-refractivity contribution < 1.29 is 4.21 Å². The smallest absolute Gasteiger partial charge is 0.0376 e. The molecular formula is C2H7OPS. The number of rotatable bonds is 1. The fraction of sp³-hybridized carbons (Fsp3) is 1.00. The van der Waals surface area contributed by atoms with Crippen molar-refractivity contribution in [1.29, 1.82) is 0 Å². The van der Waals surface area contributed by atoms with Crippen LogP contribution in [0, 0.1) is 0 Å². The van der Waals surface area contributed by atoms with Crippen molar-refractivity contribution >= 4 is 20.0 Å². The zero-order chi connectivity index (χ0) is 4.28. The molecule has 0 fully saturated rings. The fourth-order valence-corrected chi connectivity index (χ4v) is 0.